The number of carboxylic acids is 1. The van der Waals surface area contributed by atoms with Gasteiger partial charge in [-0.15, -0.1) is 0 Å². The largest absolute Gasteiger partial charge is 0.495 e. The van der Waals surface area contributed by atoms with Crippen molar-refractivity contribution in [1.29, 1.82) is 0 Å². The van der Waals surface area contributed by atoms with Crippen LogP contribution >= 0.6 is 11.6 Å². The molecule has 0 aromatic heterocycles. The molecule has 7 heteroatoms. The molecule has 0 saturated carbocycles. The minimum absolute atomic E-state index is 0.0607. The standard InChI is InChI=1S/C19H20ClNO5/c1-25-11-13-5-3-4-12(8-13)9-17(22)21-18(19(23)24)14-6-7-16(26-2)15(20)10-14/h3-8,10,18H,9,11H2,1-2H3,(H,21,22)(H,23,24). The van der Waals surface area contributed by atoms with Gasteiger partial charge in [0, 0.05) is 7.11 Å². The summed E-state index contributed by atoms with van der Waals surface area (Å²) >= 11 is 6.05. The number of methoxy groups -OCH3 is 2. The van der Waals surface area contributed by atoms with Gasteiger partial charge in [0.05, 0.1) is 25.2 Å². The zero-order valence-corrected chi connectivity index (χ0v) is 15.2. The van der Waals surface area contributed by atoms with Crippen LogP contribution in [-0.4, -0.2) is 31.2 Å². The lowest BCUT2D eigenvalue weighted by Gasteiger charge is -2.16. The second kappa shape index (κ2) is 9.22. The highest BCUT2D eigenvalue weighted by atomic mass is 35.5. The SMILES string of the molecule is COCc1cccc(CC(=O)NC(C(=O)O)c2ccc(OC)c(Cl)c2)c1. The van der Waals surface area contributed by atoms with Crippen molar-refractivity contribution in [1.82, 2.24) is 5.32 Å². The van der Waals surface area contributed by atoms with Gasteiger partial charge >= 0.3 is 5.97 Å². The Morgan fingerprint density at radius 1 is 1.15 bits per heavy atom. The number of amides is 1. The van der Waals surface area contributed by atoms with Crippen molar-refractivity contribution in [3.63, 3.8) is 0 Å². The summed E-state index contributed by atoms with van der Waals surface area (Å²) in [6, 6.07) is 10.8. The summed E-state index contributed by atoms with van der Waals surface area (Å²) in [5, 5.41) is 12.3. The molecule has 1 unspecified atom stereocenters. The third-order valence-corrected chi connectivity index (χ3v) is 4.02. The molecular formula is C19H20ClNO5. The number of ether oxygens (including phenoxy) is 2. The van der Waals surface area contributed by atoms with Crippen LogP contribution in [0.5, 0.6) is 5.75 Å². The number of nitrogens with one attached hydrogen (secondary N) is 1. The van der Waals surface area contributed by atoms with Gasteiger partial charge in [-0.2, -0.15) is 0 Å². The Bertz CT molecular complexity index is 793. The molecule has 2 aromatic rings. The fourth-order valence-electron chi connectivity index (χ4n) is 2.54. The zero-order chi connectivity index (χ0) is 19.1. The number of hydrogen-bond donors (Lipinski definition) is 2. The number of halogens is 1. The predicted molar refractivity (Wildman–Crippen MR) is 97.4 cm³/mol. The normalized spacial score (nSPS) is 11.7. The molecule has 0 heterocycles. The number of rotatable bonds is 8. The molecule has 0 bridgehead atoms. The molecule has 6 nitrogen and oxygen atoms in total. The Morgan fingerprint density at radius 2 is 1.88 bits per heavy atom. The van der Waals surface area contributed by atoms with Crippen molar-refractivity contribution in [3.8, 4) is 5.75 Å². The fourth-order valence-corrected chi connectivity index (χ4v) is 2.81. The summed E-state index contributed by atoms with van der Waals surface area (Å²) in [6.45, 7) is 0.442. The quantitative estimate of drug-likeness (QED) is 0.738. The zero-order valence-electron chi connectivity index (χ0n) is 14.5. The molecule has 26 heavy (non-hydrogen) atoms. The van der Waals surface area contributed by atoms with Crippen molar-refractivity contribution in [2.75, 3.05) is 14.2 Å². The summed E-state index contributed by atoms with van der Waals surface area (Å²) in [5.41, 5.74) is 2.08. The topological polar surface area (TPSA) is 84.9 Å². The number of carbonyl (C=O) groups excluding carboxylic acids is 1. The second-order valence-electron chi connectivity index (χ2n) is 5.66. The Labute approximate surface area is 156 Å². The van der Waals surface area contributed by atoms with Gasteiger partial charge in [-0.1, -0.05) is 41.9 Å². The average Bonchev–Trinajstić information content (AvgIpc) is 2.60. The maximum Gasteiger partial charge on any atom is 0.330 e. The van der Waals surface area contributed by atoms with Crippen molar-refractivity contribution < 1.29 is 24.2 Å². The second-order valence-corrected chi connectivity index (χ2v) is 6.07. The van der Waals surface area contributed by atoms with Crippen LogP contribution in [-0.2, 0) is 27.4 Å². The van der Waals surface area contributed by atoms with Crippen LogP contribution < -0.4 is 10.1 Å². The Hall–Kier alpha value is -2.57. The van der Waals surface area contributed by atoms with E-state index in [2.05, 4.69) is 5.32 Å². The van der Waals surface area contributed by atoms with E-state index in [0.29, 0.717) is 17.9 Å². The smallest absolute Gasteiger partial charge is 0.330 e. The first kappa shape index (κ1) is 19.8. The van der Waals surface area contributed by atoms with Crippen LogP contribution in [0.1, 0.15) is 22.7 Å². The lowest BCUT2D eigenvalue weighted by atomic mass is 10.0. The third-order valence-electron chi connectivity index (χ3n) is 3.73. The lowest BCUT2D eigenvalue weighted by molar-refractivity contribution is -0.141. The van der Waals surface area contributed by atoms with Crippen LogP contribution in [0.3, 0.4) is 0 Å². The van der Waals surface area contributed by atoms with Crippen molar-refractivity contribution in [2.45, 2.75) is 19.1 Å². The maximum absolute atomic E-state index is 12.3. The van der Waals surface area contributed by atoms with Gasteiger partial charge in [-0.25, -0.2) is 4.79 Å². The monoisotopic (exact) mass is 377 g/mol. The minimum Gasteiger partial charge on any atom is -0.495 e. The van der Waals surface area contributed by atoms with E-state index in [1.807, 2.05) is 18.2 Å². The van der Waals surface area contributed by atoms with E-state index in [4.69, 9.17) is 21.1 Å². The molecule has 0 aliphatic carbocycles. The Kier molecular flexibility index (Phi) is 7.00. The summed E-state index contributed by atoms with van der Waals surface area (Å²) in [7, 11) is 3.06. The highest BCUT2D eigenvalue weighted by Crippen LogP contribution is 2.27. The minimum atomic E-state index is -1.20. The van der Waals surface area contributed by atoms with Crippen LogP contribution in [0.2, 0.25) is 5.02 Å². The highest BCUT2D eigenvalue weighted by molar-refractivity contribution is 6.32. The number of carbonyl (C=O) groups is 2. The predicted octanol–water partition coefficient (Wildman–Crippen LogP) is 2.98. The Balaban J connectivity index is 2.12. The van der Waals surface area contributed by atoms with E-state index in [0.717, 1.165) is 11.1 Å². The molecule has 138 valence electrons. The van der Waals surface area contributed by atoms with Gasteiger partial charge in [0.15, 0.2) is 6.04 Å². The lowest BCUT2D eigenvalue weighted by Crippen LogP contribution is -2.34. The first-order valence-electron chi connectivity index (χ1n) is 7.87. The molecule has 0 aliphatic rings. The van der Waals surface area contributed by atoms with E-state index < -0.39 is 17.9 Å². The van der Waals surface area contributed by atoms with Crippen molar-refractivity contribution in [3.05, 3.63) is 64.2 Å². The Morgan fingerprint density at radius 3 is 2.50 bits per heavy atom. The van der Waals surface area contributed by atoms with Gasteiger partial charge in [-0.05, 0) is 28.8 Å². The number of carboxylic acid groups (broad SMARTS) is 1. The van der Waals surface area contributed by atoms with Crippen LogP contribution in [0.4, 0.5) is 0 Å². The van der Waals surface area contributed by atoms with E-state index in [1.54, 1.807) is 25.3 Å². The molecule has 0 radical (unpaired) electrons. The van der Waals surface area contributed by atoms with Gasteiger partial charge < -0.3 is 19.9 Å². The van der Waals surface area contributed by atoms with E-state index in [1.165, 1.54) is 13.2 Å². The number of hydrogen-bond acceptors (Lipinski definition) is 4. The van der Waals surface area contributed by atoms with Crippen LogP contribution in [0.25, 0.3) is 0 Å². The first-order valence-corrected chi connectivity index (χ1v) is 8.24. The van der Waals surface area contributed by atoms with Gasteiger partial charge in [0.1, 0.15) is 5.75 Å². The molecule has 0 fully saturated rings. The molecule has 2 rings (SSSR count). The average molecular weight is 378 g/mol. The molecule has 1 amide bonds. The number of aliphatic carboxylic acids is 1. The van der Waals surface area contributed by atoms with Crippen LogP contribution in [0.15, 0.2) is 42.5 Å². The molecule has 1 atom stereocenters. The van der Waals surface area contributed by atoms with E-state index >= 15 is 0 Å². The first-order chi connectivity index (χ1) is 12.4. The highest BCUT2D eigenvalue weighted by Gasteiger charge is 2.23. The molecule has 2 aromatic carbocycles. The summed E-state index contributed by atoms with van der Waals surface area (Å²) in [6.07, 6.45) is 0.0607. The molecule has 0 spiro atoms. The van der Waals surface area contributed by atoms with Gasteiger partial charge in [0.2, 0.25) is 5.91 Å². The summed E-state index contributed by atoms with van der Waals surface area (Å²) < 4.78 is 10.1. The van der Waals surface area contributed by atoms with Gasteiger partial charge in [-0.3, -0.25) is 4.79 Å². The maximum atomic E-state index is 12.3. The van der Waals surface area contributed by atoms with Gasteiger partial charge in [0.25, 0.3) is 0 Å². The summed E-state index contributed by atoms with van der Waals surface area (Å²) in [5.74, 6) is -1.15. The molecule has 2 N–H and O–H groups in total. The fraction of sp³-hybridized carbons (Fsp3) is 0.263. The number of benzene rings is 2. The van der Waals surface area contributed by atoms with E-state index in [-0.39, 0.29) is 11.4 Å². The summed E-state index contributed by atoms with van der Waals surface area (Å²) in [4.78, 5) is 23.9. The van der Waals surface area contributed by atoms with E-state index in [9.17, 15) is 14.7 Å². The molecular weight excluding hydrogens is 358 g/mol. The molecule has 0 aliphatic heterocycles. The third kappa shape index (κ3) is 5.21. The van der Waals surface area contributed by atoms with Crippen molar-refractivity contribution >= 4 is 23.5 Å². The van der Waals surface area contributed by atoms with Crippen LogP contribution in [0, 0.1) is 0 Å². The van der Waals surface area contributed by atoms with Crippen molar-refractivity contribution in [2.24, 2.45) is 0 Å². The molecule has 0 saturated heterocycles.